The first-order valence-corrected chi connectivity index (χ1v) is 6.87. The maximum Gasteiger partial charge on any atom is 0.180 e. The Hall–Kier alpha value is -1.30. The molecule has 2 aromatic rings. The Morgan fingerprint density at radius 2 is 1.71 bits per heavy atom. The summed E-state index contributed by atoms with van der Waals surface area (Å²) in [6.07, 6.45) is -0.396. The minimum Gasteiger partial charge on any atom is -0.508 e. The third kappa shape index (κ3) is 3.31. The number of H-pyrrole nitrogens is 1. The second-order valence-electron chi connectivity index (χ2n) is 4.25. The van der Waals surface area contributed by atoms with Crippen molar-refractivity contribution in [3.8, 4) is 5.75 Å². The van der Waals surface area contributed by atoms with E-state index in [0.717, 1.165) is 12.1 Å². The van der Waals surface area contributed by atoms with Crippen molar-refractivity contribution in [2.45, 2.75) is 12.8 Å². The number of ketones is 1. The zero-order chi connectivity index (χ0) is 15.7. The Balaban J connectivity index is 2.17. The van der Waals surface area contributed by atoms with Gasteiger partial charge in [0.15, 0.2) is 5.78 Å². The summed E-state index contributed by atoms with van der Waals surface area (Å²) in [5.74, 6) is -2.85. The number of phenols is 1. The Morgan fingerprint density at radius 3 is 2.19 bits per heavy atom. The molecule has 8 heteroatoms. The number of rotatable bonds is 4. The molecular weight excluding hydrogens is 347 g/mol. The van der Waals surface area contributed by atoms with Gasteiger partial charge in [0.25, 0.3) is 0 Å². The molecule has 21 heavy (non-hydrogen) atoms. The van der Waals surface area contributed by atoms with Crippen LogP contribution in [0.1, 0.15) is 22.5 Å². The van der Waals surface area contributed by atoms with E-state index >= 15 is 0 Å². The number of Topliss-reactive ketones (excluding diaryl/α,β-unsaturated/α-hetero) is 1. The molecule has 0 saturated carbocycles. The number of aromatic hydroxyl groups is 1. The average molecular weight is 355 g/mol. The quantitative estimate of drug-likeness (QED) is 0.777. The fourth-order valence-electron chi connectivity index (χ4n) is 1.81. The van der Waals surface area contributed by atoms with Crippen LogP contribution in [0.2, 0.25) is 15.2 Å². The van der Waals surface area contributed by atoms with E-state index in [4.69, 9.17) is 39.9 Å². The van der Waals surface area contributed by atoms with Gasteiger partial charge in [-0.15, -0.1) is 0 Å². The number of carbonyl (C=O) groups is 1. The van der Waals surface area contributed by atoms with E-state index in [1.54, 1.807) is 0 Å². The molecule has 0 spiro atoms. The van der Waals surface area contributed by atoms with E-state index in [2.05, 4.69) is 4.98 Å². The lowest BCUT2D eigenvalue weighted by Crippen LogP contribution is -2.05. The van der Waals surface area contributed by atoms with Crippen LogP contribution in [0.5, 0.6) is 5.75 Å². The normalized spacial score (nSPS) is 10.9. The molecule has 0 unspecified atom stereocenters. The maximum atomic E-state index is 13.5. The Kier molecular flexibility index (Phi) is 4.76. The van der Waals surface area contributed by atoms with Crippen LogP contribution in [-0.4, -0.2) is 15.9 Å². The molecule has 112 valence electrons. The number of phenolic OH excluding ortho intramolecular Hbond substituents is 1. The minimum absolute atomic E-state index is 0.00809. The van der Waals surface area contributed by atoms with Gasteiger partial charge in [0.1, 0.15) is 28.2 Å². The number of nitrogens with one attached hydrogen (secondary N) is 1. The molecule has 0 aliphatic heterocycles. The summed E-state index contributed by atoms with van der Waals surface area (Å²) < 4.78 is 27.0. The first kappa shape index (κ1) is 16.1. The largest absolute Gasteiger partial charge is 0.508 e. The fourth-order valence-corrected chi connectivity index (χ4v) is 2.44. The summed E-state index contributed by atoms with van der Waals surface area (Å²) in [6, 6.07) is 1.55. The number of aromatic amines is 1. The first-order chi connectivity index (χ1) is 9.81. The Bertz CT molecular complexity index is 693. The highest BCUT2D eigenvalue weighted by Gasteiger charge is 2.20. The predicted octanol–water partition coefficient (Wildman–Crippen LogP) is 4.77. The van der Waals surface area contributed by atoms with Crippen LogP contribution in [0.15, 0.2) is 12.1 Å². The molecule has 1 aromatic carbocycles. The zero-order valence-electron chi connectivity index (χ0n) is 10.3. The highest BCUT2D eigenvalue weighted by atomic mass is 35.5. The first-order valence-electron chi connectivity index (χ1n) is 5.73. The molecule has 0 fully saturated rings. The molecule has 3 nitrogen and oxygen atoms in total. The van der Waals surface area contributed by atoms with E-state index < -0.39 is 23.2 Å². The molecule has 1 aromatic heterocycles. The predicted molar refractivity (Wildman–Crippen MR) is 76.5 cm³/mol. The van der Waals surface area contributed by atoms with Crippen molar-refractivity contribution in [2.75, 3.05) is 0 Å². The SMILES string of the molecule is O=C(CCc1c(F)cc(O)cc1F)c1[nH]c(Cl)c(Cl)c1Cl. The monoisotopic (exact) mass is 353 g/mol. The van der Waals surface area contributed by atoms with Crippen molar-refractivity contribution in [3.63, 3.8) is 0 Å². The second kappa shape index (κ2) is 6.22. The highest BCUT2D eigenvalue weighted by molar-refractivity contribution is 6.49. The van der Waals surface area contributed by atoms with E-state index in [0.29, 0.717) is 0 Å². The fraction of sp³-hybridized carbons (Fsp3) is 0.154. The molecule has 0 amide bonds. The van der Waals surface area contributed by atoms with Gasteiger partial charge in [-0.05, 0) is 6.42 Å². The number of carbonyl (C=O) groups excluding carboxylic acids is 1. The van der Waals surface area contributed by atoms with Gasteiger partial charge < -0.3 is 10.1 Å². The minimum atomic E-state index is -0.922. The van der Waals surface area contributed by atoms with Crippen molar-refractivity contribution in [2.24, 2.45) is 0 Å². The van der Waals surface area contributed by atoms with E-state index in [1.165, 1.54) is 0 Å². The molecule has 0 bridgehead atoms. The van der Waals surface area contributed by atoms with E-state index in [9.17, 15) is 13.6 Å². The third-order valence-electron chi connectivity index (χ3n) is 2.85. The maximum absolute atomic E-state index is 13.5. The van der Waals surface area contributed by atoms with Gasteiger partial charge in [-0.2, -0.15) is 0 Å². The van der Waals surface area contributed by atoms with Crippen molar-refractivity contribution in [1.29, 1.82) is 0 Å². The molecule has 2 rings (SSSR count). The van der Waals surface area contributed by atoms with Crippen LogP contribution in [0.25, 0.3) is 0 Å². The van der Waals surface area contributed by atoms with Crippen LogP contribution in [0.4, 0.5) is 8.78 Å². The van der Waals surface area contributed by atoms with Gasteiger partial charge in [0, 0.05) is 24.1 Å². The molecule has 1 heterocycles. The summed E-state index contributed by atoms with van der Waals surface area (Å²) in [5, 5.41) is 9.05. The Labute approximate surface area is 133 Å². The molecule has 2 N–H and O–H groups in total. The lowest BCUT2D eigenvalue weighted by atomic mass is 10.0. The van der Waals surface area contributed by atoms with Gasteiger partial charge in [0.2, 0.25) is 0 Å². The van der Waals surface area contributed by atoms with E-state index in [-0.39, 0.29) is 39.3 Å². The zero-order valence-corrected chi connectivity index (χ0v) is 12.6. The highest BCUT2D eigenvalue weighted by Crippen LogP contribution is 2.33. The van der Waals surface area contributed by atoms with Crippen LogP contribution >= 0.6 is 34.8 Å². The third-order valence-corrected chi connectivity index (χ3v) is 4.08. The lowest BCUT2D eigenvalue weighted by molar-refractivity contribution is 0.0978. The number of halogens is 5. The molecule has 0 aliphatic rings. The number of benzene rings is 1. The standard InChI is InChI=1S/C13H8Cl3F2NO2/c14-10-11(15)13(16)19-12(10)9(21)2-1-6-7(17)3-5(20)4-8(6)18/h3-4,19-20H,1-2H2. The van der Waals surface area contributed by atoms with Crippen molar-refractivity contribution in [1.82, 2.24) is 4.98 Å². The summed E-state index contributed by atoms with van der Waals surface area (Å²) in [4.78, 5) is 14.5. The topological polar surface area (TPSA) is 53.1 Å². The van der Waals surface area contributed by atoms with Gasteiger partial charge in [-0.3, -0.25) is 4.79 Å². The van der Waals surface area contributed by atoms with Crippen molar-refractivity contribution in [3.05, 3.63) is 50.2 Å². The molecule has 0 atom stereocenters. The summed E-state index contributed by atoms with van der Waals surface area (Å²) in [6.45, 7) is 0. The van der Waals surface area contributed by atoms with Gasteiger partial charge in [0.05, 0.1) is 10.0 Å². The Morgan fingerprint density at radius 1 is 1.14 bits per heavy atom. The van der Waals surface area contributed by atoms with Crippen LogP contribution in [0.3, 0.4) is 0 Å². The van der Waals surface area contributed by atoms with Crippen molar-refractivity contribution < 1.29 is 18.7 Å². The van der Waals surface area contributed by atoms with Crippen LogP contribution in [-0.2, 0) is 6.42 Å². The number of aromatic nitrogens is 1. The average Bonchev–Trinajstić information content (AvgIpc) is 2.65. The number of hydrogen-bond acceptors (Lipinski definition) is 2. The summed E-state index contributed by atoms with van der Waals surface area (Å²) in [7, 11) is 0. The van der Waals surface area contributed by atoms with Gasteiger partial charge in [-0.25, -0.2) is 8.78 Å². The van der Waals surface area contributed by atoms with E-state index in [1.807, 2.05) is 0 Å². The van der Waals surface area contributed by atoms with Crippen molar-refractivity contribution >= 4 is 40.6 Å². The smallest absolute Gasteiger partial charge is 0.180 e. The molecule has 0 radical (unpaired) electrons. The molecular formula is C13H8Cl3F2NO2. The molecule has 0 aliphatic carbocycles. The second-order valence-corrected chi connectivity index (χ2v) is 5.39. The summed E-state index contributed by atoms with van der Waals surface area (Å²) >= 11 is 17.2. The molecule has 0 saturated heterocycles. The van der Waals surface area contributed by atoms with Gasteiger partial charge >= 0.3 is 0 Å². The summed E-state index contributed by atoms with van der Waals surface area (Å²) in [5.41, 5.74) is -0.299. The number of hydrogen-bond donors (Lipinski definition) is 2. The van der Waals surface area contributed by atoms with Crippen LogP contribution < -0.4 is 0 Å². The van der Waals surface area contributed by atoms with Crippen LogP contribution in [0, 0.1) is 11.6 Å². The lowest BCUT2D eigenvalue weighted by Gasteiger charge is -2.05. The van der Waals surface area contributed by atoms with Gasteiger partial charge in [-0.1, -0.05) is 34.8 Å².